The summed E-state index contributed by atoms with van der Waals surface area (Å²) in [5.74, 6) is 0.858. The van der Waals surface area contributed by atoms with Crippen molar-refractivity contribution in [1.82, 2.24) is 9.47 Å². The van der Waals surface area contributed by atoms with Gasteiger partial charge in [0.05, 0.1) is 12.5 Å². The Hall–Kier alpha value is -3.48. The van der Waals surface area contributed by atoms with Crippen LogP contribution >= 0.6 is 0 Å². The number of para-hydroxylation sites is 1. The van der Waals surface area contributed by atoms with Crippen molar-refractivity contribution in [2.24, 2.45) is 13.0 Å². The highest BCUT2D eigenvalue weighted by atomic mass is 16.7. The Balaban J connectivity index is 1.46. The number of aryl methyl sites for hydroxylation is 1. The van der Waals surface area contributed by atoms with Gasteiger partial charge in [-0.1, -0.05) is 24.3 Å². The number of likely N-dealkylation sites (tertiary alicyclic amines) is 1. The molecule has 1 fully saturated rings. The van der Waals surface area contributed by atoms with Gasteiger partial charge in [-0.2, -0.15) is 0 Å². The summed E-state index contributed by atoms with van der Waals surface area (Å²) in [7, 11) is 2.03. The molecule has 3 aromatic rings. The van der Waals surface area contributed by atoms with E-state index in [9.17, 15) is 9.59 Å². The zero-order valence-electron chi connectivity index (χ0n) is 19.7. The van der Waals surface area contributed by atoms with Crippen LogP contribution in [0.15, 0.2) is 48.7 Å². The SMILES string of the molecule is CCOC(=O)C1CCCN(C(=O)CC(c2ccc3c(c2)OCO3)c2cn(C)c3ccccc23)C1. The lowest BCUT2D eigenvalue weighted by atomic mass is 9.87. The van der Waals surface area contributed by atoms with Crippen molar-refractivity contribution in [3.05, 3.63) is 59.8 Å². The first-order chi connectivity index (χ1) is 16.5. The minimum atomic E-state index is -0.251. The lowest BCUT2D eigenvalue weighted by Crippen LogP contribution is -2.43. The minimum Gasteiger partial charge on any atom is -0.466 e. The smallest absolute Gasteiger partial charge is 0.310 e. The van der Waals surface area contributed by atoms with E-state index in [1.165, 1.54) is 0 Å². The molecule has 2 atom stereocenters. The zero-order chi connectivity index (χ0) is 23.7. The average Bonchev–Trinajstić information content (AvgIpc) is 3.47. The number of esters is 1. The van der Waals surface area contributed by atoms with Crippen molar-refractivity contribution in [3.8, 4) is 11.5 Å². The van der Waals surface area contributed by atoms with E-state index in [1.54, 1.807) is 0 Å². The Morgan fingerprint density at radius 2 is 1.97 bits per heavy atom. The molecule has 0 radical (unpaired) electrons. The summed E-state index contributed by atoms with van der Waals surface area (Å²) in [5.41, 5.74) is 3.23. The Kier molecular flexibility index (Phi) is 6.18. The first-order valence-electron chi connectivity index (χ1n) is 11.9. The maximum Gasteiger partial charge on any atom is 0.310 e. The van der Waals surface area contributed by atoms with Crippen molar-refractivity contribution >= 4 is 22.8 Å². The van der Waals surface area contributed by atoms with Gasteiger partial charge in [0.25, 0.3) is 0 Å². The van der Waals surface area contributed by atoms with Gasteiger partial charge in [0.2, 0.25) is 12.7 Å². The monoisotopic (exact) mass is 462 g/mol. The predicted molar refractivity (Wildman–Crippen MR) is 128 cm³/mol. The number of fused-ring (bicyclic) bond motifs is 2. The van der Waals surface area contributed by atoms with Crippen LogP contribution in [0.25, 0.3) is 10.9 Å². The highest BCUT2D eigenvalue weighted by Crippen LogP contribution is 2.40. The minimum absolute atomic E-state index is 0.0459. The van der Waals surface area contributed by atoms with Crippen LogP contribution < -0.4 is 9.47 Å². The molecule has 0 N–H and O–H groups in total. The number of aromatic nitrogens is 1. The van der Waals surface area contributed by atoms with Crippen LogP contribution in [0.2, 0.25) is 0 Å². The van der Waals surface area contributed by atoms with E-state index in [-0.39, 0.29) is 30.5 Å². The number of hydrogen-bond donors (Lipinski definition) is 0. The van der Waals surface area contributed by atoms with E-state index in [4.69, 9.17) is 14.2 Å². The second kappa shape index (κ2) is 9.41. The lowest BCUT2D eigenvalue weighted by Gasteiger charge is -2.32. The van der Waals surface area contributed by atoms with Crippen LogP contribution in [-0.4, -0.2) is 47.8 Å². The summed E-state index contributed by atoms with van der Waals surface area (Å²) in [4.78, 5) is 27.7. The van der Waals surface area contributed by atoms with E-state index in [1.807, 2.05) is 49.2 Å². The number of hydrogen-bond acceptors (Lipinski definition) is 5. The normalized spacial score (nSPS) is 18.2. The molecule has 7 heteroatoms. The number of carbonyl (C=O) groups excluding carboxylic acids is 2. The van der Waals surface area contributed by atoms with Crippen LogP contribution in [0.4, 0.5) is 0 Å². The van der Waals surface area contributed by atoms with Crippen LogP contribution in [0, 0.1) is 5.92 Å². The molecule has 2 aliphatic heterocycles. The van der Waals surface area contributed by atoms with Crippen molar-refractivity contribution in [1.29, 1.82) is 0 Å². The molecule has 5 rings (SSSR count). The number of ether oxygens (including phenoxy) is 3. The summed E-state index contributed by atoms with van der Waals surface area (Å²) in [6.45, 7) is 3.46. The molecule has 0 aliphatic carbocycles. The maximum atomic E-state index is 13.6. The van der Waals surface area contributed by atoms with Crippen LogP contribution in [0.5, 0.6) is 11.5 Å². The molecule has 178 valence electrons. The summed E-state index contributed by atoms with van der Waals surface area (Å²) in [6.07, 6.45) is 3.99. The topological polar surface area (TPSA) is 70.0 Å². The molecule has 3 heterocycles. The molecule has 0 bridgehead atoms. The first-order valence-corrected chi connectivity index (χ1v) is 11.9. The number of carbonyl (C=O) groups is 2. The van der Waals surface area contributed by atoms with Gasteiger partial charge in [0.15, 0.2) is 11.5 Å². The first kappa shape index (κ1) is 22.3. The fourth-order valence-corrected chi connectivity index (χ4v) is 5.15. The van der Waals surface area contributed by atoms with E-state index >= 15 is 0 Å². The summed E-state index contributed by atoms with van der Waals surface area (Å²) in [5, 5.41) is 1.13. The molecule has 0 spiro atoms. The summed E-state index contributed by atoms with van der Waals surface area (Å²) >= 11 is 0. The van der Waals surface area contributed by atoms with Crippen LogP contribution in [0.3, 0.4) is 0 Å². The second-order valence-corrected chi connectivity index (χ2v) is 9.01. The summed E-state index contributed by atoms with van der Waals surface area (Å²) in [6, 6.07) is 14.2. The molecule has 0 saturated carbocycles. The van der Waals surface area contributed by atoms with Crippen LogP contribution in [-0.2, 0) is 21.4 Å². The van der Waals surface area contributed by atoms with E-state index < -0.39 is 0 Å². The molecule has 2 aliphatic rings. The average molecular weight is 463 g/mol. The van der Waals surface area contributed by atoms with Gasteiger partial charge in [-0.15, -0.1) is 0 Å². The van der Waals surface area contributed by atoms with Gasteiger partial charge in [0.1, 0.15) is 0 Å². The van der Waals surface area contributed by atoms with E-state index in [2.05, 4.69) is 22.9 Å². The standard InChI is InChI=1S/C27H30N2O5/c1-3-32-27(31)19-7-6-12-29(15-19)26(30)14-21(18-10-11-24-25(13-18)34-17-33-24)22-16-28(2)23-9-5-4-8-20(22)23/h4-5,8-11,13,16,19,21H,3,6-7,12,14-15,17H2,1-2H3. The Morgan fingerprint density at radius 3 is 2.82 bits per heavy atom. The quantitative estimate of drug-likeness (QED) is 0.513. The summed E-state index contributed by atoms with van der Waals surface area (Å²) < 4.78 is 18.4. The van der Waals surface area contributed by atoms with Gasteiger partial charge >= 0.3 is 5.97 Å². The maximum absolute atomic E-state index is 13.6. The molecule has 1 amide bonds. The van der Waals surface area contributed by atoms with Crippen molar-refractivity contribution < 1.29 is 23.8 Å². The fraction of sp³-hybridized carbons (Fsp3) is 0.407. The number of nitrogens with zero attached hydrogens (tertiary/aromatic N) is 2. The molecule has 34 heavy (non-hydrogen) atoms. The third-order valence-corrected chi connectivity index (χ3v) is 6.87. The number of rotatable bonds is 6. The largest absolute Gasteiger partial charge is 0.466 e. The van der Waals surface area contributed by atoms with Gasteiger partial charge < -0.3 is 23.7 Å². The Bertz CT molecular complexity index is 1220. The highest BCUT2D eigenvalue weighted by Gasteiger charge is 2.32. The number of piperidine rings is 1. The molecule has 1 aromatic heterocycles. The molecule has 2 unspecified atom stereocenters. The fourth-order valence-electron chi connectivity index (χ4n) is 5.15. The Labute approximate surface area is 199 Å². The number of amides is 1. The van der Waals surface area contributed by atoms with Crippen molar-refractivity contribution in [2.75, 3.05) is 26.5 Å². The van der Waals surface area contributed by atoms with E-state index in [0.29, 0.717) is 31.9 Å². The van der Waals surface area contributed by atoms with Crippen molar-refractivity contribution in [2.45, 2.75) is 32.1 Å². The molecule has 1 saturated heterocycles. The highest BCUT2D eigenvalue weighted by molar-refractivity contribution is 5.87. The molecule has 7 nitrogen and oxygen atoms in total. The molecule has 2 aromatic carbocycles. The second-order valence-electron chi connectivity index (χ2n) is 9.01. The lowest BCUT2D eigenvalue weighted by molar-refractivity contribution is -0.151. The van der Waals surface area contributed by atoms with Gasteiger partial charge in [-0.25, -0.2) is 0 Å². The molecular formula is C27H30N2O5. The van der Waals surface area contributed by atoms with Crippen LogP contribution in [0.1, 0.15) is 43.2 Å². The Morgan fingerprint density at radius 1 is 1.15 bits per heavy atom. The third kappa shape index (κ3) is 4.22. The van der Waals surface area contributed by atoms with Gasteiger partial charge in [-0.3, -0.25) is 9.59 Å². The van der Waals surface area contributed by atoms with Crippen molar-refractivity contribution in [3.63, 3.8) is 0 Å². The molecular weight excluding hydrogens is 432 g/mol. The van der Waals surface area contributed by atoms with Gasteiger partial charge in [0, 0.05) is 49.6 Å². The zero-order valence-corrected chi connectivity index (χ0v) is 19.7. The number of benzene rings is 2. The predicted octanol–water partition coefficient (Wildman–Crippen LogP) is 4.23. The van der Waals surface area contributed by atoms with Gasteiger partial charge in [-0.05, 0) is 49.1 Å². The van der Waals surface area contributed by atoms with E-state index in [0.717, 1.165) is 40.6 Å². The third-order valence-electron chi connectivity index (χ3n) is 6.87.